The van der Waals surface area contributed by atoms with E-state index in [4.69, 9.17) is 0 Å². The molecule has 3 heterocycles. The van der Waals surface area contributed by atoms with Crippen LogP contribution < -0.4 is 5.32 Å². The lowest BCUT2D eigenvalue weighted by Gasteiger charge is -2.21. The van der Waals surface area contributed by atoms with Crippen LogP contribution in [0.3, 0.4) is 0 Å². The zero-order valence-corrected chi connectivity index (χ0v) is 15.4. The zero-order valence-electron chi connectivity index (χ0n) is 15.4. The molecule has 1 aliphatic heterocycles. The lowest BCUT2D eigenvalue weighted by atomic mass is 10.1. The number of hydrogen-bond donors (Lipinski definition) is 1. The van der Waals surface area contributed by atoms with Gasteiger partial charge in [0.1, 0.15) is 12.4 Å². The quantitative estimate of drug-likeness (QED) is 0.895. The van der Waals surface area contributed by atoms with E-state index < -0.39 is 0 Å². The van der Waals surface area contributed by atoms with Gasteiger partial charge in [0, 0.05) is 24.0 Å². The number of likely N-dealkylation sites (tertiary alicyclic amines) is 1. The number of nitrogens with zero attached hydrogens (tertiary/aromatic N) is 5. The molecule has 1 unspecified atom stereocenters. The van der Waals surface area contributed by atoms with Gasteiger partial charge in [-0.2, -0.15) is 5.10 Å². The average molecular weight is 342 g/mol. The molecule has 0 aliphatic carbocycles. The Hall–Kier alpha value is -2.28. The van der Waals surface area contributed by atoms with Gasteiger partial charge in [-0.25, -0.2) is 9.97 Å². The molecule has 0 spiro atoms. The predicted octanol–water partition coefficient (Wildman–Crippen LogP) is 1.68. The van der Waals surface area contributed by atoms with Crippen LogP contribution in [0.2, 0.25) is 0 Å². The van der Waals surface area contributed by atoms with Gasteiger partial charge in [-0.1, -0.05) is 0 Å². The van der Waals surface area contributed by atoms with Gasteiger partial charge < -0.3 is 5.32 Å². The van der Waals surface area contributed by atoms with E-state index in [-0.39, 0.29) is 12.5 Å². The lowest BCUT2D eigenvalue weighted by molar-refractivity contribution is -0.122. The van der Waals surface area contributed by atoms with Crippen LogP contribution >= 0.6 is 0 Å². The number of hydrogen-bond acceptors (Lipinski definition) is 5. The second kappa shape index (κ2) is 7.31. The summed E-state index contributed by atoms with van der Waals surface area (Å²) in [4.78, 5) is 23.6. The van der Waals surface area contributed by atoms with Gasteiger partial charge >= 0.3 is 0 Å². The molecule has 2 aromatic heterocycles. The normalized spacial score (nSPS) is 17.8. The van der Waals surface area contributed by atoms with Crippen molar-refractivity contribution in [3.63, 3.8) is 0 Å². The molecule has 1 N–H and O–H groups in total. The maximum Gasteiger partial charge on any atom is 0.242 e. The molecule has 134 valence electrons. The first-order chi connectivity index (χ1) is 11.9. The highest BCUT2D eigenvalue weighted by Crippen LogP contribution is 2.30. The maximum absolute atomic E-state index is 12.3. The molecule has 0 aromatic carbocycles. The Kier molecular flexibility index (Phi) is 5.13. The Morgan fingerprint density at radius 3 is 2.80 bits per heavy atom. The van der Waals surface area contributed by atoms with Gasteiger partial charge in [0.05, 0.1) is 17.4 Å². The smallest absolute Gasteiger partial charge is 0.242 e. The summed E-state index contributed by atoms with van der Waals surface area (Å²) < 4.78 is 1.72. The van der Waals surface area contributed by atoms with Gasteiger partial charge in [-0.05, 0) is 53.3 Å². The van der Waals surface area contributed by atoms with Crippen molar-refractivity contribution in [1.29, 1.82) is 0 Å². The summed E-state index contributed by atoms with van der Waals surface area (Å²) in [6, 6.07) is 2.28. The van der Waals surface area contributed by atoms with Crippen molar-refractivity contribution < 1.29 is 4.79 Å². The molecule has 0 saturated carbocycles. The predicted molar refractivity (Wildman–Crippen MR) is 94.9 cm³/mol. The van der Waals surface area contributed by atoms with Crippen LogP contribution in [0.25, 0.3) is 0 Å². The summed E-state index contributed by atoms with van der Waals surface area (Å²) in [6.45, 7) is 7.54. The van der Waals surface area contributed by atoms with E-state index in [1.165, 1.54) is 6.42 Å². The van der Waals surface area contributed by atoms with Gasteiger partial charge in [0.2, 0.25) is 5.91 Å². The van der Waals surface area contributed by atoms with E-state index in [1.54, 1.807) is 4.68 Å². The summed E-state index contributed by atoms with van der Waals surface area (Å²) in [7, 11) is 2.13. The highest BCUT2D eigenvalue weighted by Gasteiger charge is 2.26. The number of aromatic nitrogens is 4. The molecule has 25 heavy (non-hydrogen) atoms. The maximum atomic E-state index is 12.3. The number of amides is 1. The monoisotopic (exact) mass is 342 g/mol. The topological polar surface area (TPSA) is 75.9 Å². The third-order valence-electron chi connectivity index (χ3n) is 4.73. The van der Waals surface area contributed by atoms with Crippen molar-refractivity contribution in [3.05, 3.63) is 40.7 Å². The van der Waals surface area contributed by atoms with Gasteiger partial charge in [-0.15, -0.1) is 0 Å². The minimum absolute atomic E-state index is 0.0579. The lowest BCUT2D eigenvalue weighted by Crippen LogP contribution is -2.29. The summed E-state index contributed by atoms with van der Waals surface area (Å²) in [5, 5.41) is 7.32. The second-order valence-corrected chi connectivity index (χ2v) is 6.83. The molecule has 0 bridgehead atoms. The summed E-state index contributed by atoms with van der Waals surface area (Å²) in [6.07, 6.45) is 4.11. The largest absolute Gasteiger partial charge is 0.350 e. The summed E-state index contributed by atoms with van der Waals surface area (Å²) in [5.74, 6) is 0.713. The van der Waals surface area contributed by atoms with Crippen LogP contribution in [0.15, 0.2) is 12.3 Å². The van der Waals surface area contributed by atoms with Crippen molar-refractivity contribution in [2.45, 2.75) is 52.7 Å². The molecular weight excluding hydrogens is 316 g/mol. The fourth-order valence-electron chi connectivity index (χ4n) is 3.41. The molecule has 2 aromatic rings. The number of carbonyl (C=O) groups excluding carboxylic acids is 1. The molecule has 1 aliphatic rings. The van der Waals surface area contributed by atoms with Crippen LogP contribution in [0.4, 0.5) is 0 Å². The van der Waals surface area contributed by atoms with Crippen LogP contribution in [0.5, 0.6) is 0 Å². The molecule has 0 radical (unpaired) electrons. The van der Waals surface area contributed by atoms with E-state index in [2.05, 4.69) is 32.3 Å². The van der Waals surface area contributed by atoms with E-state index in [1.807, 2.05) is 33.0 Å². The number of nitrogens with one attached hydrogen (secondary N) is 1. The van der Waals surface area contributed by atoms with Crippen LogP contribution in [0.1, 0.15) is 47.4 Å². The minimum atomic E-state index is -0.0579. The number of aryl methyl sites for hydroxylation is 3. The van der Waals surface area contributed by atoms with Crippen molar-refractivity contribution in [2.75, 3.05) is 13.6 Å². The van der Waals surface area contributed by atoms with Crippen molar-refractivity contribution in [1.82, 2.24) is 30.0 Å². The molecule has 7 nitrogen and oxygen atoms in total. The van der Waals surface area contributed by atoms with E-state index in [0.29, 0.717) is 12.6 Å². The Balaban J connectivity index is 1.68. The fourth-order valence-corrected chi connectivity index (χ4v) is 3.41. The Bertz CT molecular complexity index is 769. The van der Waals surface area contributed by atoms with Crippen molar-refractivity contribution in [2.24, 2.45) is 0 Å². The molecule has 1 amide bonds. The zero-order chi connectivity index (χ0) is 18.0. The van der Waals surface area contributed by atoms with Gasteiger partial charge in [-0.3, -0.25) is 14.4 Å². The molecule has 1 fully saturated rings. The first kappa shape index (κ1) is 17.5. The standard InChI is InChI=1S/C18H26N6O/c1-12-8-13(2)24(22-12)11-17(25)20-10-15-9-19-14(3)21-18(15)16-6-5-7-23(16)4/h8-9,16H,5-7,10-11H2,1-4H3,(H,20,25). The van der Waals surface area contributed by atoms with Gasteiger partial charge in [0.25, 0.3) is 0 Å². The van der Waals surface area contributed by atoms with Crippen LogP contribution in [0, 0.1) is 20.8 Å². The molecular formula is C18H26N6O. The number of rotatable bonds is 5. The first-order valence-electron chi connectivity index (χ1n) is 8.74. The Morgan fingerprint density at radius 1 is 1.36 bits per heavy atom. The van der Waals surface area contributed by atoms with Crippen molar-refractivity contribution >= 4 is 5.91 Å². The van der Waals surface area contributed by atoms with E-state index >= 15 is 0 Å². The highest BCUT2D eigenvalue weighted by atomic mass is 16.2. The molecule has 1 atom stereocenters. The average Bonchev–Trinajstić information content (AvgIpc) is 3.11. The molecule has 3 rings (SSSR count). The van der Waals surface area contributed by atoms with E-state index in [0.717, 1.165) is 41.4 Å². The molecule has 1 saturated heterocycles. The molecule has 7 heteroatoms. The van der Waals surface area contributed by atoms with Crippen LogP contribution in [-0.2, 0) is 17.9 Å². The Labute approximate surface area is 148 Å². The van der Waals surface area contributed by atoms with Crippen LogP contribution in [-0.4, -0.2) is 44.1 Å². The highest BCUT2D eigenvalue weighted by molar-refractivity contribution is 5.75. The third-order valence-corrected chi connectivity index (χ3v) is 4.73. The van der Waals surface area contributed by atoms with Gasteiger partial charge in [0.15, 0.2) is 0 Å². The van der Waals surface area contributed by atoms with E-state index in [9.17, 15) is 4.79 Å². The number of carbonyl (C=O) groups is 1. The third kappa shape index (κ3) is 4.04. The minimum Gasteiger partial charge on any atom is -0.350 e. The van der Waals surface area contributed by atoms with Crippen molar-refractivity contribution in [3.8, 4) is 0 Å². The first-order valence-corrected chi connectivity index (χ1v) is 8.74. The summed E-state index contributed by atoms with van der Waals surface area (Å²) >= 11 is 0. The fraction of sp³-hybridized carbons (Fsp3) is 0.556. The Morgan fingerprint density at radius 2 is 2.16 bits per heavy atom. The second-order valence-electron chi connectivity index (χ2n) is 6.83. The summed E-state index contributed by atoms with van der Waals surface area (Å²) in [5.41, 5.74) is 3.94. The SMILES string of the molecule is Cc1cc(C)n(CC(=O)NCc2cnc(C)nc2C2CCCN2C)n1.